The summed E-state index contributed by atoms with van der Waals surface area (Å²) in [5.74, 6) is -0.642. The summed E-state index contributed by atoms with van der Waals surface area (Å²) < 4.78 is 13.3. The Morgan fingerprint density at radius 2 is 1.76 bits per heavy atom. The molecule has 3 heteroatoms. The van der Waals surface area contributed by atoms with Crippen LogP contribution in [0.5, 0.6) is 0 Å². The maximum atomic E-state index is 13.3. The number of halogens is 2. The highest BCUT2D eigenvalue weighted by Gasteiger charge is 2.13. The molecule has 0 fully saturated rings. The predicted octanol–water partition coefficient (Wildman–Crippen LogP) is 5.06. The van der Waals surface area contributed by atoms with Gasteiger partial charge >= 0.3 is 0 Å². The van der Waals surface area contributed by atoms with Crippen LogP contribution in [-0.2, 0) is 6.42 Å². The van der Waals surface area contributed by atoms with E-state index in [1.807, 2.05) is 42.5 Å². The highest BCUT2D eigenvalue weighted by molar-refractivity contribution is 6.34. The number of carbonyl (C=O) groups is 1. The molecule has 0 bridgehead atoms. The lowest BCUT2D eigenvalue weighted by atomic mass is 9.98. The molecule has 104 valence electrons. The van der Waals surface area contributed by atoms with E-state index in [1.54, 1.807) is 0 Å². The summed E-state index contributed by atoms with van der Waals surface area (Å²) in [4.78, 5) is 12.4. The molecular formula is C18H12ClFO. The first-order chi connectivity index (χ1) is 10.1. The molecule has 0 aliphatic heterocycles. The molecule has 0 saturated heterocycles. The fourth-order valence-electron chi connectivity index (χ4n) is 2.43. The molecular weight excluding hydrogens is 287 g/mol. The van der Waals surface area contributed by atoms with Gasteiger partial charge in [0.2, 0.25) is 0 Å². The number of ketones is 1. The molecule has 0 aliphatic carbocycles. The first kappa shape index (κ1) is 13.8. The van der Waals surface area contributed by atoms with Crippen LogP contribution in [0.15, 0.2) is 60.7 Å². The molecule has 3 rings (SSSR count). The largest absolute Gasteiger partial charge is 0.294 e. The van der Waals surface area contributed by atoms with Gasteiger partial charge in [0, 0.05) is 12.0 Å². The number of fused-ring (bicyclic) bond motifs is 1. The van der Waals surface area contributed by atoms with E-state index < -0.39 is 5.82 Å². The zero-order valence-corrected chi connectivity index (χ0v) is 11.9. The van der Waals surface area contributed by atoms with E-state index in [1.165, 1.54) is 18.2 Å². The Kier molecular flexibility index (Phi) is 3.72. The van der Waals surface area contributed by atoms with Crippen LogP contribution in [0, 0.1) is 5.82 Å². The average Bonchev–Trinajstić information content (AvgIpc) is 2.50. The van der Waals surface area contributed by atoms with Gasteiger partial charge in [0.1, 0.15) is 5.82 Å². The summed E-state index contributed by atoms with van der Waals surface area (Å²) >= 11 is 5.99. The van der Waals surface area contributed by atoms with E-state index in [4.69, 9.17) is 11.6 Å². The number of carbonyl (C=O) groups excluding carboxylic acids is 1. The normalized spacial score (nSPS) is 10.8. The number of benzene rings is 3. The second kappa shape index (κ2) is 5.66. The molecule has 0 amide bonds. The Morgan fingerprint density at radius 3 is 2.62 bits per heavy atom. The van der Waals surface area contributed by atoms with E-state index in [0.29, 0.717) is 0 Å². The van der Waals surface area contributed by atoms with Crippen LogP contribution >= 0.6 is 11.6 Å². The lowest BCUT2D eigenvalue weighted by Crippen LogP contribution is -2.05. The number of hydrogen-bond donors (Lipinski definition) is 0. The zero-order valence-electron chi connectivity index (χ0n) is 11.1. The van der Waals surface area contributed by atoms with Crippen LogP contribution in [0.4, 0.5) is 4.39 Å². The first-order valence-electron chi connectivity index (χ1n) is 6.60. The van der Waals surface area contributed by atoms with Crippen molar-refractivity contribution < 1.29 is 9.18 Å². The van der Waals surface area contributed by atoms with Crippen LogP contribution in [0.3, 0.4) is 0 Å². The van der Waals surface area contributed by atoms with Crippen LogP contribution in [0.25, 0.3) is 10.8 Å². The van der Waals surface area contributed by atoms with Crippen molar-refractivity contribution in [2.24, 2.45) is 0 Å². The molecule has 0 radical (unpaired) electrons. The maximum absolute atomic E-state index is 13.3. The molecule has 1 nitrogen and oxygen atoms in total. The molecule has 21 heavy (non-hydrogen) atoms. The van der Waals surface area contributed by atoms with Gasteiger partial charge < -0.3 is 0 Å². The lowest BCUT2D eigenvalue weighted by Gasteiger charge is -2.07. The Morgan fingerprint density at radius 1 is 1.00 bits per heavy atom. The van der Waals surface area contributed by atoms with E-state index in [9.17, 15) is 9.18 Å². The molecule has 0 spiro atoms. The van der Waals surface area contributed by atoms with Crippen LogP contribution in [0.2, 0.25) is 5.02 Å². The van der Waals surface area contributed by atoms with Crippen molar-refractivity contribution in [3.8, 4) is 0 Å². The fourth-order valence-corrected chi connectivity index (χ4v) is 2.65. The van der Waals surface area contributed by atoms with Gasteiger partial charge in [-0.2, -0.15) is 0 Å². The van der Waals surface area contributed by atoms with E-state index in [0.717, 1.165) is 16.3 Å². The van der Waals surface area contributed by atoms with Gasteiger partial charge in [-0.1, -0.05) is 54.1 Å². The minimum absolute atomic E-state index is 0.184. The second-order valence-electron chi connectivity index (χ2n) is 4.86. The summed E-state index contributed by atoms with van der Waals surface area (Å²) in [5.41, 5.74) is 1.14. The minimum Gasteiger partial charge on any atom is -0.294 e. The van der Waals surface area contributed by atoms with Crippen LogP contribution in [-0.4, -0.2) is 5.78 Å². The molecule has 3 aromatic carbocycles. The quantitative estimate of drug-likeness (QED) is 0.618. The van der Waals surface area contributed by atoms with Gasteiger partial charge in [-0.3, -0.25) is 4.79 Å². The Bertz CT molecular complexity index is 821. The van der Waals surface area contributed by atoms with Crippen molar-refractivity contribution in [2.45, 2.75) is 6.42 Å². The van der Waals surface area contributed by atoms with Gasteiger partial charge in [0.15, 0.2) is 5.78 Å². The monoisotopic (exact) mass is 298 g/mol. The fraction of sp³-hybridized carbons (Fsp3) is 0.0556. The standard InChI is InChI=1S/C18H12ClFO/c19-17-9-8-14(20)11-16(17)18(21)10-13-6-3-5-12-4-1-2-7-15(12)13/h1-9,11H,10H2. The number of Topliss-reactive ketones (excluding diaryl/α,β-unsaturated/α-hetero) is 1. The lowest BCUT2D eigenvalue weighted by molar-refractivity contribution is 0.0993. The Labute approximate surface area is 127 Å². The van der Waals surface area contributed by atoms with Crippen molar-refractivity contribution in [3.05, 3.63) is 82.6 Å². The molecule has 0 heterocycles. The smallest absolute Gasteiger partial charge is 0.168 e. The molecule has 0 aromatic heterocycles. The van der Waals surface area contributed by atoms with Crippen molar-refractivity contribution in [2.75, 3.05) is 0 Å². The summed E-state index contributed by atoms with van der Waals surface area (Å²) in [5, 5.41) is 2.38. The first-order valence-corrected chi connectivity index (χ1v) is 6.98. The highest BCUT2D eigenvalue weighted by Crippen LogP contribution is 2.23. The summed E-state index contributed by atoms with van der Waals surface area (Å²) in [6, 6.07) is 17.5. The summed E-state index contributed by atoms with van der Waals surface area (Å²) in [6.07, 6.45) is 0.199. The zero-order chi connectivity index (χ0) is 14.8. The molecule has 0 saturated carbocycles. The summed E-state index contributed by atoms with van der Waals surface area (Å²) in [7, 11) is 0. The van der Waals surface area contributed by atoms with Gasteiger partial charge in [0.05, 0.1) is 5.02 Å². The van der Waals surface area contributed by atoms with Crippen molar-refractivity contribution in [3.63, 3.8) is 0 Å². The van der Waals surface area contributed by atoms with Crippen LogP contribution < -0.4 is 0 Å². The van der Waals surface area contributed by atoms with Gasteiger partial charge in [-0.15, -0.1) is 0 Å². The second-order valence-corrected chi connectivity index (χ2v) is 5.27. The van der Waals surface area contributed by atoms with Crippen LogP contribution in [0.1, 0.15) is 15.9 Å². The maximum Gasteiger partial charge on any atom is 0.168 e. The SMILES string of the molecule is O=C(Cc1cccc2ccccc12)c1cc(F)ccc1Cl. The highest BCUT2D eigenvalue weighted by atomic mass is 35.5. The molecule has 0 unspecified atom stereocenters. The van der Waals surface area contributed by atoms with Gasteiger partial charge in [0.25, 0.3) is 0 Å². The van der Waals surface area contributed by atoms with E-state index >= 15 is 0 Å². The van der Waals surface area contributed by atoms with E-state index in [-0.39, 0.29) is 22.8 Å². The Balaban J connectivity index is 1.99. The number of hydrogen-bond acceptors (Lipinski definition) is 1. The van der Waals surface area contributed by atoms with Gasteiger partial charge in [-0.05, 0) is 34.5 Å². The van der Waals surface area contributed by atoms with Crippen molar-refractivity contribution in [1.82, 2.24) is 0 Å². The molecule has 0 aliphatic rings. The third-order valence-electron chi connectivity index (χ3n) is 3.46. The third kappa shape index (κ3) is 2.81. The van der Waals surface area contributed by atoms with E-state index in [2.05, 4.69) is 0 Å². The average molecular weight is 299 g/mol. The Hall–Kier alpha value is -2.19. The molecule has 3 aromatic rings. The van der Waals surface area contributed by atoms with Crippen molar-refractivity contribution >= 4 is 28.2 Å². The van der Waals surface area contributed by atoms with Crippen molar-refractivity contribution in [1.29, 1.82) is 0 Å². The number of rotatable bonds is 3. The molecule has 0 N–H and O–H groups in total. The minimum atomic E-state index is -0.458. The summed E-state index contributed by atoms with van der Waals surface area (Å²) in [6.45, 7) is 0. The van der Waals surface area contributed by atoms with Gasteiger partial charge in [-0.25, -0.2) is 4.39 Å². The predicted molar refractivity (Wildman–Crippen MR) is 83.4 cm³/mol. The topological polar surface area (TPSA) is 17.1 Å². The molecule has 0 atom stereocenters. The third-order valence-corrected chi connectivity index (χ3v) is 3.79.